The van der Waals surface area contributed by atoms with E-state index in [-0.39, 0.29) is 37.6 Å². The van der Waals surface area contributed by atoms with Gasteiger partial charge in [0.1, 0.15) is 11.3 Å². The Kier molecular flexibility index (Phi) is 7.47. The molecule has 3 heterocycles. The van der Waals surface area contributed by atoms with Crippen molar-refractivity contribution in [2.24, 2.45) is 0 Å². The average Bonchev–Trinajstić information content (AvgIpc) is 3.74. The fraction of sp³-hybridized carbons (Fsp3) is 0.136. The fourth-order valence-corrected chi connectivity index (χ4v) is 7.50. The average molecular weight is 832 g/mol. The van der Waals surface area contributed by atoms with Crippen LogP contribution in [0.5, 0.6) is 5.75 Å². The van der Waals surface area contributed by atoms with Gasteiger partial charge in [-0.05, 0) is 63.4 Å². The van der Waals surface area contributed by atoms with Crippen LogP contribution in [0.4, 0.5) is 0 Å². The van der Waals surface area contributed by atoms with Crippen LogP contribution in [0.25, 0.3) is 72.8 Å². The Morgan fingerprint density at radius 1 is 0.680 bits per heavy atom. The molecule has 0 fully saturated rings. The molecule has 0 radical (unpaired) electrons. The van der Waals surface area contributed by atoms with Gasteiger partial charge in [-0.15, -0.1) is 12.1 Å². The van der Waals surface area contributed by atoms with Crippen LogP contribution < -0.4 is 0 Å². The Morgan fingerprint density at radius 2 is 1.42 bits per heavy atom. The third-order valence-electron chi connectivity index (χ3n) is 10.8. The van der Waals surface area contributed by atoms with Crippen molar-refractivity contribution >= 4 is 21.9 Å². The second-order valence-corrected chi connectivity index (χ2v) is 14.0. The van der Waals surface area contributed by atoms with E-state index in [1.165, 1.54) is 0 Å². The summed E-state index contributed by atoms with van der Waals surface area (Å²) in [7, 11) is 0. The molecule has 9 rings (SSSR count). The maximum Gasteiger partial charge on any atom is 0.125 e. The Labute approximate surface area is 305 Å². The van der Waals surface area contributed by atoms with Crippen LogP contribution in [0.15, 0.2) is 132 Å². The van der Waals surface area contributed by atoms with Gasteiger partial charge in [0, 0.05) is 43.9 Å². The Balaban J connectivity index is 0.00000361. The topological polar surface area (TPSA) is 64.1 Å². The van der Waals surface area contributed by atoms with Crippen LogP contribution in [0.1, 0.15) is 38.8 Å². The monoisotopic (exact) mass is 831 g/mol. The maximum absolute atomic E-state index is 11.2. The van der Waals surface area contributed by atoms with Gasteiger partial charge in [0.05, 0.1) is 28.5 Å². The summed E-state index contributed by atoms with van der Waals surface area (Å²) in [6, 6.07) is 44.4. The molecule has 0 saturated heterocycles. The molecule has 5 nitrogen and oxygen atoms in total. The number of hydrogen-bond acceptors (Lipinski definition) is 4. The number of fused-ring (bicyclic) bond motifs is 6. The summed E-state index contributed by atoms with van der Waals surface area (Å²) in [5.74, 6) is 0.981. The van der Waals surface area contributed by atoms with Gasteiger partial charge < -0.3 is 14.1 Å². The summed E-state index contributed by atoms with van der Waals surface area (Å²) < 4.78 is 8.50. The summed E-state index contributed by atoms with van der Waals surface area (Å²) in [5, 5.41) is 13.2. The van der Waals surface area contributed by atoms with Crippen molar-refractivity contribution in [3.8, 4) is 56.6 Å². The van der Waals surface area contributed by atoms with Crippen molar-refractivity contribution in [3.05, 3.63) is 145 Å². The van der Waals surface area contributed by atoms with E-state index in [0.717, 1.165) is 83.9 Å². The fourth-order valence-electron chi connectivity index (χ4n) is 7.50. The van der Waals surface area contributed by atoms with E-state index in [2.05, 4.69) is 105 Å². The first-order valence-electron chi connectivity index (χ1n) is 16.6. The molecular formula is C44H34N3O2Pt-. The summed E-state index contributed by atoms with van der Waals surface area (Å²) in [6.07, 6.45) is 2.05. The van der Waals surface area contributed by atoms with Crippen LogP contribution in [0.3, 0.4) is 0 Å². The molecule has 0 unspecified atom stereocenters. The molecule has 0 amide bonds. The number of hydrogen-bond donors (Lipinski definition) is 1. The predicted molar refractivity (Wildman–Crippen MR) is 197 cm³/mol. The van der Waals surface area contributed by atoms with Crippen molar-refractivity contribution in [3.63, 3.8) is 0 Å². The first kappa shape index (κ1) is 32.0. The molecule has 0 aliphatic heterocycles. The summed E-state index contributed by atoms with van der Waals surface area (Å²) in [4.78, 5) is 10.6. The van der Waals surface area contributed by atoms with E-state index in [9.17, 15) is 5.11 Å². The zero-order valence-corrected chi connectivity index (χ0v) is 30.4. The minimum atomic E-state index is -0.227. The number of phenols is 1. The molecular weight excluding hydrogens is 798 g/mol. The van der Waals surface area contributed by atoms with Gasteiger partial charge >= 0.3 is 0 Å². The van der Waals surface area contributed by atoms with E-state index in [4.69, 9.17) is 14.4 Å². The molecule has 8 aromatic rings. The number of furan rings is 1. The molecule has 1 aliphatic carbocycles. The number of nitrogens with zero attached hydrogens (tertiary/aromatic N) is 3. The second kappa shape index (κ2) is 11.7. The van der Waals surface area contributed by atoms with Crippen LogP contribution in [-0.4, -0.2) is 19.6 Å². The second-order valence-electron chi connectivity index (χ2n) is 14.0. The molecule has 0 bridgehead atoms. The van der Waals surface area contributed by atoms with Gasteiger partial charge in [0.15, 0.2) is 0 Å². The normalized spacial score (nSPS) is 14.2. The molecule has 0 atom stereocenters. The molecule has 1 aliphatic rings. The van der Waals surface area contributed by atoms with Crippen molar-refractivity contribution in [1.82, 2.24) is 14.5 Å². The molecule has 3 aromatic heterocycles. The number of phenolic OH excluding ortho intramolecular Hbond substituents is 1. The van der Waals surface area contributed by atoms with Crippen LogP contribution in [0.2, 0.25) is 0 Å². The van der Waals surface area contributed by atoms with Crippen molar-refractivity contribution in [2.75, 3.05) is 0 Å². The standard InChI is InChI=1S/C44H34N3O2.Pt/c1-43(2)32-18-12-19-36(48)40(32)41-33(44(43,3)4)22-23-34(45-41)35-26-47(29-15-9-6-10-16-29)42(46-35)30-17-11-20-38-39(30)31-25-28(21-24-37(31)49-38)27-13-7-5-8-14-27;/h5-16,18-26,48H,1-4H3;/q-1;. The van der Waals surface area contributed by atoms with Crippen LogP contribution in [-0.2, 0) is 31.9 Å². The quantitative estimate of drug-likeness (QED) is 0.179. The molecule has 248 valence electrons. The van der Waals surface area contributed by atoms with Crippen molar-refractivity contribution in [2.45, 2.75) is 38.5 Å². The summed E-state index contributed by atoms with van der Waals surface area (Å²) in [5.41, 5.74) is 10.5. The number of pyridine rings is 1. The van der Waals surface area contributed by atoms with Gasteiger partial charge in [0.2, 0.25) is 0 Å². The maximum atomic E-state index is 11.2. The number of para-hydroxylation sites is 1. The van der Waals surface area contributed by atoms with E-state index < -0.39 is 0 Å². The first-order valence-corrected chi connectivity index (χ1v) is 16.6. The zero-order chi connectivity index (χ0) is 33.5. The first-order chi connectivity index (χ1) is 23.7. The van der Waals surface area contributed by atoms with Gasteiger partial charge in [-0.25, -0.2) is 4.98 Å². The third-order valence-corrected chi connectivity index (χ3v) is 10.8. The largest absolute Gasteiger partial charge is 0.507 e. The Bertz CT molecular complexity index is 2560. The van der Waals surface area contributed by atoms with Crippen LogP contribution in [0, 0.1) is 6.07 Å². The molecule has 1 N–H and O–H groups in total. The predicted octanol–water partition coefficient (Wildman–Crippen LogP) is 10.9. The van der Waals surface area contributed by atoms with Gasteiger partial charge in [-0.1, -0.05) is 124 Å². The van der Waals surface area contributed by atoms with Crippen molar-refractivity contribution in [1.29, 1.82) is 0 Å². The Hall–Kier alpha value is -5.25. The van der Waals surface area contributed by atoms with Gasteiger partial charge in [-0.3, -0.25) is 4.98 Å². The van der Waals surface area contributed by atoms with E-state index in [0.29, 0.717) is 0 Å². The third kappa shape index (κ3) is 4.71. The van der Waals surface area contributed by atoms with Crippen molar-refractivity contribution < 1.29 is 30.6 Å². The number of rotatable bonds is 4. The molecule has 5 aromatic carbocycles. The molecule has 50 heavy (non-hydrogen) atoms. The van der Waals surface area contributed by atoms with E-state index >= 15 is 0 Å². The van der Waals surface area contributed by atoms with Crippen LogP contribution >= 0.6 is 0 Å². The summed E-state index contributed by atoms with van der Waals surface area (Å²) >= 11 is 0. The molecule has 0 spiro atoms. The van der Waals surface area contributed by atoms with E-state index in [1.807, 2.05) is 54.7 Å². The minimum Gasteiger partial charge on any atom is -0.507 e. The number of aromatic hydroxyl groups is 1. The number of benzene rings is 5. The van der Waals surface area contributed by atoms with E-state index in [1.54, 1.807) is 6.07 Å². The zero-order valence-electron chi connectivity index (χ0n) is 28.1. The number of aromatic nitrogens is 3. The number of imidazole rings is 1. The van der Waals surface area contributed by atoms with Gasteiger partial charge in [0.25, 0.3) is 0 Å². The minimum absolute atomic E-state index is 0. The summed E-state index contributed by atoms with van der Waals surface area (Å²) in [6.45, 7) is 9.01. The molecule has 6 heteroatoms. The SMILES string of the molecule is CC1(C)c2ccc(-c3cn(-c4ccccc4)c(-c4[c-]ccc5oc6ccc(-c7ccccc7)cc6c45)n3)nc2-c2c(O)cccc2C1(C)C.[Pt]. The molecule has 0 saturated carbocycles. The van der Waals surface area contributed by atoms with Gasteiger partial charge in [-0.2, -0.15) is 0 Å². The Morgan fingerprint density at radius 3 is 2.20 bits per heavy atom. The smallest absolute Gasteiger partial charge is 0.125 e.